The van der Waals surface area contributed by atoms with E-state index in [4.69, 9.17) is 17.3 Å². The van der Waals surface area contributed by atoms with E-state index in [1.165, 1.54) is 0 Å². The van der Waals surface area contributed by atoms with E-state index in [0.717, 1.165) is 16.9 Å². The molecule has 0 aliphatic rings. The summed E-state index contributed by atoms with van der Waals surface area (Å²) in [5, 5.41) is 0.0833. The minimum absolute atomic E-state index is 0.0833. The molecule has 0 amide bonds. The van der Waals surface area contributed by atoms with E-state index in [1.807, 2.05) is 29.7 Å². The number of halogens is 1. The van der Waals surface area contributed by atoms with Crippen molar-refractivity contribution >= 4 is 23.1 Å². The molecule has 0 saturated heterocycles. The lowest BCUT2D eigenvalue weighted by molar-refractivity contribution is 1.03. The van der Waals surface area contributed by atoms with Crippen molar-refractivity contribution in [1.29, 1.82) is 0 Å². The van der Waals surface area contributed by atoms with Crippen molar-refractivity contribution in [3.05, 3.63) is 35.6 Å². The molecule has 0 aliphatic heterocycles. The number of imidazole rings is 1. The number of nitrogen functional groups attached to an aromatic ring is 1. The van der Waals surface area contributed by atoms with Gasteiger partial charge in [0.1, 0.15) is 5.82 Å². The summed E-state index contributed by atoms with van der Waals surface area (Å²) in [4.78, 5) is 16.1. The van der Waals surface area contributed by atoms with E-state index in [2.05, 4.69) is 19.9 Å². The van der Waals surface area contributed by atoms with E-state index in [9.17, 15) is 0 Å². The van der Waals surface area contributed by atoms with Gasteiger partial charge in [0, 0.05) is 11.8 Å². The van der Waals surface area contributed by atoms with Gasteiger partial charge < -0.3 is 10.1 Å². The first kappa shape index (κ1) is 10.9. The highest BCUT2D eigenvalue weighted by molar-refractivity contribution is 6.28. The van der Waals surface area contributed by atoms with Gasteiger partial charge in [-0.3, -0.25) is 0 Å². The van der Waals surface area contributed by atoms with Gasteiger partial charge in [-0.2, -0.15) is 15.0 Å². The Morgan fingerprint density at radius 1 is 1.22 bits per heavy atom. The van der Waals surface area contributed by atoms with Crippen LogP contribution in [0.2, 0.25) is 5.28 Å². The molecule has 3 heterocycles. The molecule has 0 saturated carbocycles. The van der Waals surface area contributed by atoms with Crippen LogP contribution in [0.15, 0.2) is 24.5 Å². The van der Waals surface area contributed by atoms with E-state index < -0.39 is 0 Å². The van der Waals surface area contributed by atoms with Crippen LogP contribution in [0, 0.1) is 6.92 Å². The molecule has 6 nitrogen and oxygen atoms in total. The first-order valence-corrected chi connectivity index (χ1v) is 5.62. The molecule has 0 aromatic carbocycles. The molecule has 3 rings (SSSR count). The molecule has 0 aliphatic carbocycles. The Kier molecular flexibility index (Phi) is 2.38. The first-order valence-electron chi connectivity index (χ1n) is 5.24. The van der Waals surface area contributed by atoms with Gasteiger partial charge in [-0.25, -0.2) is 4.98 Å². The Morgan fingerprint density at radius 2 is 2.06 bits per heavy atom. The van der Waals surface area contributed by atoms with Gasteiger partial charge in [0.05, 0.1) is 11.7 Å². The molecule has 0 unspecified atom stereocenters. The maximum atomic E-state index is 5.77. The van der Waals surface area contributed by atoms with Crippen LogP contribution in [0.5, 0.6) is 0 Å². The largest absolute Gasteiger partial charge is 0.368 e. The fraction of sp³-hybridized carbons (Fsp3) is 0.0909. The van der Waals surface area contributed by atoms with Crippen molar-refractivity contribution in [2.24, 2.45) is 0 Å². The van der Waals surface area contributed by atoms with Gasteiger partial charge in [0.15, 0.2) is 5.82 Å². The number of pyridine rings is 1. The van der Waals surface area contributed by atoms with Gasteiger partial charge >= 0.3 is 0 Å². The quantitative estimate of drug-likeness (QED) is 0.720. The fourth-order valence-electron chi connectivity index (χ4n) is 1.75. The van der Waals surface area contributed by atoms with E-state index in [0.29, 0.717) is 5.82 Å². The van der Waals surface area contributed by atoms with E-state index >= 15 is 0 Å². The predicted octanol–water partition coefficient (Wildman–Crippen LogP) is 1.73. The van der Waals surface area contributed by atoms with E-state index in [1.54, 1.807) is 6.20 Å². The molecule has 90 valence electrons. The Balaban J connectivity index is 2.21. The third-order valence-electron chi connectivity index (χ3n) is 2.60. The van der Waals surface area contributed by atoms with Crippen LogP contribution >= 0.6 is 11.6 Å². The van der Waals surface area contributed by atoms with Gasteiger partial charge in [-0.05, 0) is 30.7 Å². The van der Waals surface area contributed by atoms with Crippen molar-refractivity contribution < 1.29 is 0 Å². The predicted molar refractivity (Wildman–Crippen MR) is 68.2 cm³/mol. The highest BCUT2D eigenvalue weighted by atomic mass is 35.5. The topological polar surface area (TPSA) is 82.0 Å². The molecule has 0 radical (unpaired) electrons. The number of anilines is 1. The monoisotopic (exact) mass is 260 g/mol. The Bertz CT molecular complexity index is 715. The average molecular weight is 261 g/mol. The second kappa shape index (κ2) is 3.92. The van der Waals surface area contributed by atoms with Crippen LogP contribution in [0.3, 0.4) is 0 Å². The molecule has 0 spiro atoms. The zero-order valence-electron chi connectivity index (χ0n) is 9.50. The number of fused-ring (bicyclic) bond motifs is 1. The van der Waals surface area contributed by atoms with Gasteiger partial charge in [-0.1, -0.05) is 0 Å². The molecule has 3 aromatic heterocycles. The van der Waals surface area contributed by atoms with Gasteiger partial charge in [-0.15, -0.1) is 0 Å². The highest BCUT2D eigenvalue weighted by Gasteiger charge is 2.07. The molecule has 3 aromatic rings. The van der Waals surface area contributed by atoms with E-state index in [-0.39, 0.29) is 11.2 Å². The summed E-state index contributed by atoms with van der Waals surface area (Å²) in [6.07, 6.45) is 3.69. The summed E-state index contributed by atoms with van der Waals surface area (Å²) in [6, 6.07) is 3.82. The normalized spacial score (nSPS) is 11.0. The van der Waals surface area contributed by atoms with Gasteiger partial charge in [0.25, 0.3) is 0 Å². The zero-order chi connectivity index (χ0) is 12.7. The molecule has 0 bridgehead atoms. The lowest BCUT2D eigenvalue weighted by atomic mass is 10.2. The lowest BCUT2D eigenvalue weighted by Crippen LogP contribution is -2.00. The number of aromatic nitrogens is 5. The third kappa shape index (κ3) is 1.76. The Morgan fingerprint density at radius 3 is 2.83 bits per heavy atom. The number of hydrogen-bond donors (Lipinski definition) is 1. The van der Waals surface area contributed by atoms with Crippen molar-refractivity contribution in [1.82, 2.24) is 24.3 Å². The highest BCUT2D eigenvalue weighted by Crippen LogP contribution is 2.19. The molecular weight excluding hydrogens is 252 g/mol. The van der Waals surface area contributed by atoms with Crippen molar-refractivity contribution in [3.8, 4) is 11.4 Å². The van der Waals surface area contributed by atoms with Crippen molar-refractivity contribution in [2.45, 2.75) is 6.92 Å². The summed E-state index contributed by atoms with van der Waals surface area (Å²) >= 11 is 5.77. The standard InChI is InChI=1S/C11H9ClN6/c1-6-14-4-8-3-2-7(5-18(6)8)9-15-10(12)17-11(13)16-9/h2-5H,1H3,(H2,13,15,16,17). The summed E-state index contributed by atoms with van der Waals surface area (Å²) in [6.45, 7) is 1.92. The molecule has 7 heteroatoms. The molecule has 18 heavy (non-hydrogen) atoms. The van der Waals surface area contributed by atoms with Crippen LogP contribution in [0.25, 0.3) is 16.9 Å². The van der Waals surface area contributed by atoms with Gasteiger partial charge in [0.2, 0.25) is 11.2 Å². The van der Waals surface area contributed by atoms with Crippen LogP contribution < -0.4 is 5.73 Å². The zero-order valence-corrected chi connectivity index (χ0v) is 10.3. The number of aryl methyl sites for hydroxylation is 1. The minimum Gasteiger partial charge on any atom is -0.368 e. The van der Waals surface area contributed by atoms with Crippen LogP contribution in [-0.4, -0.2) is 24.3 Å². The second-order valence-electron chi connectivity index (χ2n) is 3.80. The van der Waals surface area contributed by atoms with Crippen LogP contribution in [0.4, 0.5) is 5.95 Å². The molecular formula is C11H9ClN6. The number of nitrogens with two attached hydrogens (primary N) is 1. The SMILES string of the molecule is Cc1ncc2ccc(-c3nc(N)nc(Cl)n3)cn12. The van der Waals surface area contributed by atoms with Crippen molar-refractivity contribution in [2.75, 3.05) is 5.73 Å². The number of hydrogen-bond acceptors (Lipinski definition) is 5. The summed E-state index contributed by atoms with van der Waals surface area (Å²) < 4.78 is 1.95. The van der Waals surface area contributed by atoms with Crippen molar-refractivity contribution in [3.63, 3.8) is 0 Å². The Hall–Kier alpha value is -2.21. The summed E-state index contributed by atoms with van der Waals surface area (Å²) in [5.74, 6) is 1.44. The third-order valence-corrected chi connectivity index (χ3v) is 2.76. The minimum atomic E-state index is 0.0833. The number of rotatable bonds is 1. The van der Waals surface area contributed by atoms with Crippen LogP contribution in [0.1, 0.15) is 5.82 Å². The average Bonchev–Trinajstić information content (AvgIpc) is 2.69. The lowest BCUT2D eigenvalue weighted by Gasteiger charge is -2.03. The molecule has 0 fully saturated rings. The second-order valence-corrected chi connectivity index (χ2v) is 4.14. The Labute approximate surface area is 107 Å². The maximum absolute atomic E-state index is 5.77. The fourth-order valence-corrected chi connectivity index (χ4v) is 1.91. The number of nitrogens with zero attached hydrogens (tertiary/aromatic N) is 5. The summed E-state index contributed by atoms with van der Waals surface area (Å²) in [5.41, 5.74) is 7.36. The summed E-state index contributed by atoms with van der Waals surface area (Å²) in [7, 11) is 0. The van der Waals surface area contributed by atoms with Crippen LogP contribution in [-0.2, 0) is 0 Å². The maximum Gasteiger partial charge on any atom is 0.227 e. The first-order chi connectivity index (χ1) is 8.63. The smallest absolute Gasteiger partial charge is 0.227 e. The molecule has 0 atom stereocenters. The molecule has 2 N–H and O–H groups in total.